The van der Waals surface area contributed by atoms with E-state index in [0.29, 0.717) is 10.0 Å². The monoisotopic (exact) mass is 260 g/mol. The number of nitro benzene ring substituents is 1. The molecule has 0 heterocycles. The molecule has 6 heteroatoms. The number of nitro groups is 1. The third kappa shape index (κ3) is 2.02. The maximum Gasteiger partial charge on any atom is 0.312 e. The molecule has 0 aliphatic heterocycles. The largest absolute Gasteiger partial charge is 0.502 e. The molecule has 1 atom stereocenters. The van der Waals surface area contributed by atoms with Gasteiger partial charge in [-0.05, 0) is 13.0 Å². The van der Waals surface area contributed by atoms with E-state index in [1.165, 1.54) is 6.07 Å². The molecule has 1 aromatic rings. The Morgan fingerprint density at radius 3 is 2.64 bits per heavy atom. The molecule has 3 N–H and O–H groups in total. The first kappa shape index (κ1) is 10.9. The molecule has 0 saturated heterocycles. The van der Waals surface area contributed by atoms with E-state index in [1.54, 1.807) is 13.0 Å². The van der Waals surface area contributed by atoms with E-state index in [9.17, 15) is 15.2 Å². The summed E-state index contributed by atoms with van der Waals surface area (Å²) in [5.74, 6) is -0.367. The van der Waals surface area contributed by atoms with Crippen molar-refractivity contribution in [3.63, 3.8) is 0 Å². The van der Waals surface area contributed by atoms with Gasteiger partial charge >= 0.3 is 5.69 Å². The van der Waals surface area contributed by atoms with Crippen molar-refractivity contribution in [3.05, 3.63) is 32.3 Å². The first-order chi connectivity index (χ1) is 6.43. The fourth-order valence-electron chi connectivity index (χ4n) is 1.09. The molecule has 5 nitrogen and oxygen atoms in total. The molecule has 0 aromatic heterocycles. The molecule has 0 aliphatic carbocycles. The van der Waals surface area contributed by atoms with Gasteiger partial charge in [-0.15, -0.1) is 0 Å². The van der Waals surface area contributed by atoms with Gasteiger partial charge in [0.05, 0.1) is 4.92 Å². The van der Waals surface area contributed by atoms with E-state index >= 15 is 0 Å². The van der Waals surface area contributed by atoms with E-state index in [4.69, 9.17) is 5.73 Å². The van der Waals surface area contributed by atoms with Crippen LogP contribution in [0.25, 0.3) is 0 Å². The smallest absolute Gasteiger partial charge is 0.312 e. The molecule has 0 aliphatic rings. The van der Waals surface area contributed by atoms with Crippen LogP contribution in [-0.4, -0.2) is 10.0 Å². The van der Waals surface area contributed by atoms with Crippen molar-refractivity contribution in [3.8, 4) is 5.75 Å². The number of rotatable bonds is 2. The minimum absolute atomic E-state index is 0.341. The summed E-state index contributed by atoms with van der Waals surface area (Å²) in [5, 5.41) is 20.0. The second-order valence-corrected chi connectivity index (χ2v) is 3.82. The van der Waals surface area contributed by atoms with E-state index in [1.807, 2.05) is 0 Å². The Labute approximate surface area is 88.8 Å². The van der Waals surface area contributed by atoms with E-state index in [2.05, 4.69) is 15.9 Å². The number of phenols is 1. The second-order valence-electron chi connectivity index (χ2n) is 2.91. The molecule has 1 aromatic carbocycles. The highest BCUT2D eigenvalue weighted by molar-refractivity contribution is 9.10. The number of nitrogens with zero attached hydrogens (tertiary/aromatic N) is 1. The Balaban J connectivity index is 3.40. The summed E-state index contributed by atoms with van der Waals surface area (Å²) in [6.07, 6.45) is 0. The minimum atomic E-state index is -0.647. The summed E-state index contributed by atoms with van der Waals surface area (Å²) >= 11 is 3.11. The number of hydrogen-bond acceptors (Lipinski definition) is 4. The number of nitrogens with two attached hydrogens (primary N) is 1. The number of halogens is 1. The number of phenolic OH excluding ortho intramolecular Hbond substituents is 1. The molecule has 1 rings (SSSR count). The highest BCUT2D eigenvalue weighted by atomic mass is 79.9. The molecule has 0 amide bonds. The lowest BCUT2D eigenvalue weighted by Gasteiger charge is -2.08. The predicted molar refractivity (Wildman–Crippen MR) is 55.1 cm³/mol. The topological polar surface area (TPSA) is 89.4 Å². The average molecular weight is 261 g/mol. The van der Waals surface area contributed by atoms with Gasteiger partial charge in [0.1, 0.15) is 0 Å². The summed E-state index contributed by atoms with van der Waals surface area (Å²) in [6, 6.07) is 2.35. The first-order valence-corrected chi connectivity index (χ1v) is 4.65. The molecule has 0 spiro atoms. The van der Waals surface area contributed by atoms with Crippen molar-refractivity contribution in [1.82, 2.24) is 0 Å². The third-order valence-electron chi connectivity index (χ3n) is 1.77. The Morgan fingerprint density at radius 1 is 1.64 bits per heavy atom. The quantitative estimate of drug-likeness (QED) is 0.630. The normalized spacial score (nSPS) is 12.5. The van der Waals surface area contributed by atoms with Crippen LogP contribution in [0.1, 0.15) is 18.5 Å². The molecule has 0 saturated carbocycles. The van der Waals surface area contributed by atoms with Crippen molar-refractivity contribution in [2.24, 2.45) is 5.73 Å². The average Bonchev–Trinajstić information content (AvgIpc) is 2.07. The van der Waals surface area contributed by atoms with Crippen LogP contribution in [0, 0.1) is 10.1 Å². The molecule has 14 heavy (non-hydrogen) atoms. The van der Waals surface area contributed by atoms with Crippen LogP contribution >= 0.6 is 15.9 Å². The fourth-order valence-corrected chi connectivity index (χ4v) is 1.56. The Morgan fingerprint density at radius 2 is 2.21 bits per heavy atom. The van der Waals surface area contributed by atoms with Crippen LogP contribution in [-0.2, 0) is 0 Å². The maximum absolute atomic E-state index is 10.5. The van der Waals surface area contributed by atoms with Crippen LogP contribution < -0.4 is 5.73 Å². The minimum Gasteiger partial charge on any atom is -0.502 e. The lowest BCUT2D eigenvalue weighted by Crippen LogP contribution is -2.06. The van der Waals surface area contributed by atoms with E-state index in [0.717, 1.165) is 0 Å². The fraction of sp³-hybridized carbons (Fsp3) is 0.250. The van der Waals surface area contributed by atoms with Gasteiger partial charge in [-0.3, -0.25) is 10.1 Å². The standard InChI is InChI=1S/C8H9BrN2O3/c1-4(10)6-2-5(9)3-7(8(6)12)11(13)14/h2-4,12H,10H2,1H3/t4-/m1/s1. The Hall–Kier alpha value is -1.14. The maximum atomic E-state index is 10.5. The van der Waals surface area contributed by atoms with Gasteiger partial charge in [0.2, 0.25) is 0 Å². The molecule has 0 fully saturated rings. The molecular formula is C8H9BrN2O3. The SMILES string of the molecule is C[C@@H](N)c1cc(Br)cc([N+](=O)[O-])c1O. The molecule has 0 radical (unpaired) electrons. The highest BCUT2D eigenvalue weighted by Crippen LogP contribution is 2.35. The van der Waals surface area contributed by atoms with Gasteiger partial charge in [-0.1, -0.05) is 15.9 Å². The summed E-state index contributed by atoms with van der Waals surface area (Å²) in [4.78, 5) is 9.89. The second kappa shape index (κ2) is 3.93. The zero-order chi connectivity index (χ0) is 10.9. The van der Waals surface area contributed by atoms with Gasteiger partial charge in [-0.25, -0.2) is 0 Å². The van der Waals surface area contributed by atoms with Crippen LogP contribution in [0.2, 0.25) is 0 Å². The van der Waals surface area contributed by atoms with Gasteiger partial charge in [0, 0.05) is 22.1 Å². The molecule has 76 valence electrons. The molecule has 0 unspecified atom stereocenters. The third-order valence-corrected chi connectivity index (χ3v) is 2.23. The van der Waals surface area contributed by atoms with Crippen molar-refractivity contribution in [1.29, 1.82) is 0 Å². The van der Waals surface area contributed by atoms with Gasteiger partial charge in [0.15, 0.2) is 5.75 Å². The molecular weight excluding hydrogens is 252 g/mol. The number of aromatic hydroxyl groups is 1. The van der Waals surface area contributed by atoms with Crippen LogP contribution in [0.5, 0.6) is 5.75 Å². The lowest BCUT2D eigenvalue weighted by atomic mass is 10.1. The zero-order valence-electron chi connectivity index (χ0n) is 7.40. The Kier molecular flexibility index (Phi) is 3.07. The van der Waals surface area contributed by atoms with Crippen molar-refractivity contribution in [2.45, 2.75) is 13.0 Å². The van der Waals surface area contributed by atoms with E-state index < -0.39 is 11.0 Å². The molecule has 0 bridgehead atoms. The van der Waals surface area contributed by atoms with Gasteiger partial charge in [0.25, 0.3) is 0 Å². The predicted octanol–water partition coefficient (Wildman–Crippen LogP) is 2.08. The summed E-state index contributed by atoms with van der Waals surface area (Å²) in [5.41, 5.74) is 5.56. The first-order valence-electron chi connectivity index (χ1n) is 3.86. The van der Waals surface area contributed by atoms with Crippen molar-refractivity contribution >= 4 is 21.6 Å². The number of hydrogen-bond donors (Lipinski definition) is 2. The van der Waals surface area contributed by atoms with Gasteiger partial charge < -0.3 is 10.8 Å². The summed E-state index contributed by atoms with van der Waals surface area (Å²) in [7, 11) is 0. The highest BCUT2D eigenvalue weighted by Gasteiger charge is 2.19. The van der Waals surface area contributed by atoms with Crippen LogP contribution in [0.4, 0.5) is 5.69 Å². The van der Waals surface area contributed by atoms with Crippen molar-refractivity contribution in [2.75, 3.05) is 0 Å². The summed E-state index contributed by atoms with van der Waals surface area (Å²) in [6.45, 7) is 1.64. The Bertz CT molecular complexity index is 379. The van der Waals surface area contributed by atoms with E-state index in [-0.39, 0.29) is 11.4 Å². The lowest BCUT2D eigenvalue weighted by molar-refractivity contribution is -0.386. The van der Waals surface area contributed by atoms with Crippen LogP contribution in [0.3, 0.4) is 0 Å². The van der Waals surface area contributed by atoms with Gasteiger partial charge in [-0.2, -0.15) is 0 Å². The van der Waals surface area contributed by atoms with Crippen LogP contribution in [0.15, 0.2) is 16.6 Å². The zero-order valence-corrected chi connectivity index (χ0v) is 8.98. The number of benzene rings is 1. The van der Waals surface area contributed by atoms with Crippen molar-refractivity contribution < 1.29 is 10.0 Å². The summed E-state index contributed by atoms with van der Waals surface area (Å²) < 4.78 is 0.523.